The van der Waals surface area contributed by atoms with Crippen LogP contribution in [0.15, 0.2) is 47.5 Å². The molecule has 0 aliphatic carbocycles. The third kappa shape index (κ3) is 5.42. The molecule has 3 rings (SSSR count). The van der Waals surface area contributed by atoms with E-state index in [4.69, 9.17) is 9.47 Å². The number of rotatable bonds is 5. The van der Waals surface area contributed by atoms with E-state index >= 15 is 0 Å². The molecular weight excluding hydrogens is 433 g/mol. The van der Waals surface area contributed by atoms with Crippen LogP contribution in [0.3, 0.4) is 0 Å². The summed E-state index contributed by atoms with van der Waals surface area (Å²) >= 11 is 0. The Kier molecular flexibility index (Phi) is 7.17. The standard InChI is InChI=1S/C18H21N3O3.HI/c1-2-19-18(20-10-13-3-6-15(22)7-4-13)21-11-14-5-8-16-17(9-14)24-12-23-16;/h3-9,22H,2,10-12H2,1H3,(H2,19,20,21);1H. The average Bonchev–Trinajstić information content (AvgIpc) is 3.06. The van der Waals surface area contributed by atoms with Crippen LogP contribution in [-0.4, -0.2) is 24.4 Å². The zero-order valence-electron chi connectivity index (χ0n) is 14.0. The van der Waals surface area contributed by atoms with Gasteiger partial charge in [-0.2, -0.15) is 0 Å². The van der Waals surface area contributed by atoms with Gasteiger partial charge in [-0.25, -0.2) is 4.99 Å². The van der Waals surface area contributed by atoms with Crippen LogP contribution in [0.5, 0.6) is 17.2 Å². The summed E-state index contributed by atoms with van der Waals surface area (Å²) in [5.41, 5.74) is 2.13. The molecule has 0 aromatic heterocycles. The van der Waals surface area contributed by atoms with Gasteiger partial charge in [-0.05, 0) is 42.3 Å². The van der Waals surface area contributed by atoms with E-state index in [1.54, 1.807) is 12.1 Å². The van der Waals surface area contributed by atoms with Crippen molar-refractivity contribution in [2.75, 3.05) is 13.3 Å². The number of phenols is 1. The molecule has 0 fully saturated rings. The van der Waals surface area contributed by atoms with Crippen LogP contribution < -0.4 is 20.1 Å². The van der Waals surface area contributed by atoms with E-state index in [-0.39, 0.29) is 36.5 Å². The van der Waals surface area contributed by atoms with Gasteiger partial charge in [0.2, 0.25) is 6.79 Å². The molecule has 0 unspecified atom stereocenters. The van der Waals surface area contributed by atoms with Crippen molar-refractivity contribution in [3.63, 3.8) is 0 Å². The molecule has 0 bridgehead atoms. The number of fused-ring (bicyclic) bond motifs is 1. The summed E-state index contributed by atoms with van der Waals surface area (Å²) in [5, 5.41) is 15.8. The minimum Gasteiger partial charge on any atom is -0.508 e. The molecular formula is C18H22IN3O3. The SMILES string of the molecule is CCNC(=NCc1ccc2c(c1)OCO2)NCc1ccc(O)cc1.I. The van der Waals surface area contributed by atoms with Crippen molar-refractivity contribution < 1.29 is 14.6 Å². The maximum atomic E-state index is 9.32. The molecule has 7 heteroatoms. The average molecular weight is 455 g/mol. The van der Waals surface area contributed by atoms with Crippen LogP contribution in [0, 0.1) is 0 Å². The van der Waals surface area contributed by atoms with Crippen LogP contribution in [0.1, 0.15) is 18.1 Å². The second-order valence-corrected chi connectivity index (χ2v) is 5.40. The predicted octanol–water partition coefficient (Wildman–Crippen LogP) is 2.99. The van der Waals surface area contributed by atoms with E-state index in [9.17, 15) is 5.11 Å². The number of halogens is 1. The lowest BCUT2D eigenvalue weighted by atomic mass is 10.2. The Balaban J connectivity index is 0.00000225. The van der Waals surface area contributed by atoms with Crippen molar-refractivity contribution in [2.45, 2.75) is 20.0 Å². The summed E-state index contributed by atoms with van der Waals surface area (Å²) in [6, 6.07) is 13.0. The van der Waals surface area contributed by atoms with Crippen molar-refractivity contribution >= 4 is 29.9 Å². The second kappa shape index (κ2) is 9.36. The maximum absolute atomic E-state index is 9.32. The number of guanidine groups is 1. The van der Waals surface area contributed by atoms with Crippen LogP contribution >= 0.6 is 24.0 Å². The molecule has 0 atom stereocenters. The molecule has 1 aliphatic heterocycles. The molecule has 1 heterocycles. The molecule has 0 radical (unpaired) electrons. The highest BCUT2D eigenvalue weighted by Gasteiger charge is 2.12. The lowest BCUT2D eigenvalue weighted by Crippen LogP contribution is -2.36. The summed E-state index contributed by atoms with van der Waals surface area (Å²) in [7, 11) is 0. The Labute approximate surface area is 164 Å². The van der Waals surface area contributed by atoms with E-state index in [1.165, 1.54) is 0 Å². The number of nitrogens with zero attached hydrogens (tertiary/aromatic N) is 1. The van der Waals surface area contributed by atoms with Gasteiger partial charge in [0.1, 0.15) is 5.75 Å². The normalized spacial score (nSPS) is 12.4. The number of hydrogen-bond acceptors (Lipinski definition) is 4. The van der Waals surface area contributed by atoms with Crippen molar-refractivity contribution in [3.8, 4) is 17.2 Å². The van der Waals surface area contributed by atoms with E-state index in [0.29, 0.717) is 13.1 Å². The van der Waals surface area contributed by atoms with E-state index in [1.807, 2.05) is 37.3 Å². The topological polar surface area (TPSA) is 75.1 Å². The van der Waals surface area contributed by atoms with Crippen molar-refractivity contribution in [1.82, 2.24) is 10.6 Å². The van der Waals surface area contributed by atoms with Gasteiger partial charge in [0.25, 0.3) is 0 Å². The highest BCUT2D eigenvalue weighted by molar-refractivity contribution is 14.0. The molecule has 25 heavy (non-hydrogen) atoms. The summed E-state index contributed by atoms with van der Waals surface area (Å²) < 4.78 is 10.7. The number of benzene rings is 2. The fraction of sp³-hybridized carbons (Fsp3) is 0.278. The van der Waals surface area contributed by atoms with Crippen LogP contribution in [0.2, 0.25) is 0 Å². The van der Waals surface area contributed by atoms with E-state index < -0.39 is 0 Å². The first-order valence-corrected chi connectivity index (χ1v) is 7.93. The molecule has 1 aliphatic rings. The predicted molar refractivity (Wildman–Crippen MR) is 108 cm³/mol. The van der Waals surface area contributed by atoms with Gasteiger partial charge in [0, 0.05) is 13.1 Å². The first-order chi connectivity index (χ1) is 11.7. The van der Waals surface area contributed by atoms with Crippen molar-refractivity contribution in [1.29, 1.82) is 0 Å². The van der Waals surface area contributed by atoms with Crippen LogP contribution in [-0.2, 0) is 13.1 Å². The fourth-order valence-electron chi connectivity index (χ4n) is 2.35. The van der Waals surface area contributed by atoms with Gasteiger partial charge in [-0.15, -0.1) is 24.0 Å². The van der Waals surface area contributed by atoms with Crippen molar-refractivity contribution in [3.05, 3.63) is 53.6 Å². The quantitative estimate of drug-likeness (QED) is 0.367. The zero-order valence-corrected chi connectivity index (χ0v) is 16.3. The summed E-state index contributed by atoms with van der Waals surface area (Å²) in [4.78, 5) is 4.59. The lowest BCUT2D eigenvalue weighted by molar-refractivity contribution is 0.174. The van der Waals surface area contributed by atoms with Gasteiger partial charge in [0.15, 0.2) is 17.5 Å². The first-order valence-electron chi connectivity index (χ1n) is 7.93. The van der Waals surface area contributed by atoms with E-state index in [2.05, 4.69) is 15.6 Å². The molecule has 0 amide bonds. The Morgan fingerprint density at radius 2 is 1.76 bits per heavy atom. The number of phenolic OH excluding ortho intramolecular Hbond substituents is 1. The third-order valence-electron chi connectivity index (χ3n) is 3.60. The zero-order chi connectivity index (χ0) is 16.8. The molecule has 3 N–H and O–H groups in total. The number of nitrogens with one attached hydrogen (secondary N) is 2. The van der Waals surface area contributed by atoms with Crippen LogP contribution in [0.25, 0.3) is 0 Å². The van der Waals surface area contributed by atoms with Crippen molar-refractivity contribution in [2.24, 2.45) is 4.99 Å². The number of aliphatic imine (C=N–C) groups is 1. The summed E-state index contributed by atoms with van der Waals surface area (Å²) in [6.45, 7) is 4.26. The minimum absolute atomic E-state index is 0. The maximum Gasteiger partial charge on any atom is 0.231 e. The van der Waals surface area contributed by atoms with Gasteiger partial charge in [0.05, 0.1) is 6.54 Å². The molecule has 0 saturated carbocycles. The van der Waals surface area contributed by atoms with Gasteiger partial charge >= 0.3 is 0 Å². The Morgan fingerprint density at radius 1 is 1.04 bits per heavy atom. The van der Waals surface area contributed by atoms with Gasteiger partial charge < -0.3 is 25.2 Å². The molecule has 0 spiro atoms. The number of hydrogen-bond donors (Lipinski definition) is 3. The Hall–Kier alpha value is -2.16. The molecule has 134 valence electrons. The molecule has 2 aromatic carbocycles. The van der Waals surface area contributed by atoms with Crippen LogP contribution in [0.4, 0.5) is 0 Å². The molecule has 0 saturated heterocycles. The van der Waals surface area contributed by atoms with E-state index in [0.717, 1.165) is 35.1 Å². The Morgan fingerprint density at radius 3 is 2.52 bits per heavy atom. The lowest BCUT2D eigenvalue weighted by Gasteiger charge is -2.11. The minimum atomic E-state index is 0. The largest absolute Gasteiger partial charge is 0.508 e. The summed E-state index contributed by atoms with van der Waals surface area (Å²) in [6.07, 6.45) is 0. The number of aromatic hydroxyl groups is 1. The van der Waals surface area contributed by atoms with Gasteiger partial charge in [-0.3, -0.25) is 0 Å². The third-order valence-corrected chi connectivity index (χ3v) is 3.60. The highest BCUT2D eigenvalue weighted by Crippen LogP contribution is 2.32. The number of ether oxygens (including phenoxy) is 2. The smallest absolute Gasteiger partial charge is 0.231 e. The highest BCUT2D eigenvalue weighted by atomic mass is 127. The van der Waals surface area contributed by atoms with Gasteiger partial charge in [-0.1, -0.05) is 18.2 Å². The Bertz CT molecular complexity index is 720. The second-order valence-electron chi connectivity index (χ2n) is 5.40. The summed E-state index contributed by atoms with van der Waals surface area (Å²) in [5.74, 6) is 2.55. The first kappa shape index (κ1) is 19.2. The molecule has 6 nitrogen and oxygen atoms in total. The fourth-order valence-corrected chi connectivity index (χ4v) is 2.35. The molecule has 2 aromatic rings. The monoisotopic (exact) mass is 455 g/mol.